The highest BCUT2D eigenvalue weighted by Crippen LogP contribution is 2.26. The zero-order valence-corrected chi connectivity index (χ0v) is 12.0. The van der Waals surface area contributed by atoms with Crippen LogP contribution in [0.3, 0.4) is 0 Å². The summed E-state index contributed by atoms with van der Waals surface area (Å²) in [7, 11) is 0. The van der Waals surface area contributed by atoms with Gasteiger partial charge in [0.1, 0.15) is 17.6 Å². The third-order valence-corrected chi connectivity index (χ3v) is 3.54. The number of nitrogens with one attached hydrogen (secondary N) is 1. The Labute approximate surface area is 116 Å². The maximum absolute atomic E-state index is 6.10. The minimum absolute atomic E-state index is 0.328. The van der Waals surface area contributed by atoms with Crippen molar-refractivity contribution in [1.29, 1.82) is 0 Å². The molecule has 0 aliphatic heterocycles. The van der Waals surface area contributed by atoms with E-state index in [2.05, 4.69) is 12.2 Å². The van der Waals surface area contributed by atoms with Crippen LogP contribution in [0, 0.1) is 0 Å². The summed E-state index contributed by atoms with van der Waals surface area (Å²) < 4.78 is 11.6. The molecule has 0 radical (unpaired) electrons. The van der Waals surface area contributed by atoms with Crippen molar-refractivity contribution in [2.24, 2.45) is 0 Å². The van der Waals surface area contributed by atoms with Gasteiger partial charge in [0.2, 0.25) is 0 Å². The van der Waals surface area contributed by atoms with E-state index in [0.29, 0.717) is 18.8 Å². The maximum atomic E-state index is 6.10. The first-order valence-electron chi connectivity index (χ1n) is 7.44. The van der Waals surface area contributed by atoms with Crippen molar-refractivity contribution in [3.05, 3.63) is 24.3 Å². The Morgan fingerprint density at radius 2 is 2.05 bits per heavy atom. The smallest absolute Gasteiger partial charge is 0.123 e. The zero-order chi connectivity index (χ0) is 13.5. The normalized spacial score (nSPS) is 23.1. The quantitative estimate of drug-likeness (QED) is 0.853. The first-order chi connectivity index (χ1) is 9.31. The van der Waals surface area contributed by atoms with Gasteiger partial charge in [0.05, 0.1) is 6.61 Å². The van der Waals surface area contributed by atoms with E-state index >= 15 is 0 Å². The van der Waals surface area contributed by atoms with Crippen molar-refractivity contribution >= 4 is 0 Å². The third kappa shape index (κ3) is 4.43. The van der Waals surface area contributed by atoms with E-state index in [9.17, 15) is 0 Å². The Morgan fingerprint density at radius 3 is 2.84 bits per heavy atom. The fourth-order valence-electron chi connectivity index (χ4n) is 2.72. The lowest BCUT2D eigenvalue weighted by molar-refractivity contribution is 0.135. The molecule has 106 valence electrons. The molecule has 0 spiro atoms. The molecule has 1 aromatic carbocycles. The highest BCUT2D eigenvalue weighted by Gasteiger charge is 2.22. The second kappa shape index (κ2) is 7.39. The molecule has 3 heteroatoms. The second-order valence-electron chi connectivity index (χ2n) is 5.07. The Morgan fingerprint density at radius 1 is 1.21 bits per heavy atom. The third-order valence-electron chi connectivity index (χ3n) is 3.54. The van der Waals surface area contributed by atoms with Gasteiger partial charge in [-0.3, -0.25) is 0 Å². The number of hydrogen-bond acceptors (Lipinski definition) is 3. The average molecular weight is 263 g/mol. The van der Waals surface area contributed by atoms with Crippen LogP contribution in [0.25, 0.3) is 0 Å². The van der Waals surface area contributed by atoms with E-state index in [-0.39, 0.29) is 0 Å². The lowest BCUT2D eigenvalue weighted by Gasteiger charge is -2.30. The fraction of sp³-hybridized carbons (Fsp3) is 0.625. The summed E-state index contributed by atoms with van der Waals surface area (Å²) >= 11 is 0. The summed E-state index contributed by atoms with van der Waals surface area (Å²) in [5, 5.41) is 3.53. The van der Waals surface area contributed by atoms with Gasteiger partial charge in [-0.15, -0.1) is 0 Å². The molecular formula is C16H25NO2. The van der Waals surface area contributed by atoms with Gasteiger partial charge in [-0.05, 0) is 51.3 Å². The lowest BCUT2D eigenvalue weighted by atomic mass is 9.93. The molecule has 1 N–H and O–H groups in total. The highest BCUT2D eigenvalue weighted by atomic mass is 16.5. The second-order valence-corrected chi connectivity index (χ2v) is 5.07. The van der Waals surface area contributed by atoms with Crippen LogP contribution in [0.15, 0.2) is 24.3 Å². The largest absolute Gasteiger partial charge is 0.494 e. The topological polar surface area (TPSA) is 30.5 Å². The predicted molar refractivity (Wildman–Crippen MR) is 78.0 cm³/mol. The SMILES string of the molecule is CCNC1CCCC(Oc2cccc(OCC)c2)C1. The summed E-state index contributed by atoms with van der Waals surface area (Å²) in [5.41, 5.74) is 0. The van der Waals surface area contributed by atoms with Gasteiger partial charge in [-0.2, -0.15) is 0 Å². The van der Waals surface area contributed by atoms with Crippen LogP contribution in [0.2, 0.25) is 0 Å². The molecule has 0 heterocycles. The summed E-state index contributed by atoms with van der Waals surface area (Å²) in [5.74, 6) is 1.81. The van der Waals surface area contributed by atoms with Gasteiger partial charge in [-0.1, -0.05) is 13.0 Å². The molecule has 0 bridgehead atoms. The molecule has 2 rings (SSSR count). The van der Waals surface area contributed by atoms with Crippen molar-refractivity contribution in [3.63, 3.8) is 0 Å². The number of hydrogen-bond donors (Lipinski definition) is 1. The molecule has 1 aliphatic carbocycles. The Kier molecular flexibility index (Phi) is 5.52. The summed E-state index contributed by atoms with van der Waals surface area (Å²) in [6.45, 7) is 5.89. The van der Waals surface area contributed by atoms with Gasteiger partial charge >= 0.3 is 0 Å². The standard InChI is InChI=1S/C16H25NO2/c1-3-17-13-7-5-9-15(11-13)19-16-10-6-8-14(12-16)18-4-2/h6,8,10,12-13,15,17H,3-5,7,9,11H2,1-2H3. The number of rotatable bonds is 6. The minimum Gasteiger partial charge on any atom is -0.494 e. The van der Waals surface area contributed by atoms with Crippen molar-refractivity contribution in [1.82, 2.24) is 5.32 Å². The molecule has 1 aromatic rings. The zero-order valence-electron chi connectivity index (χ0n) is 12.0. The molecule has 1 fully saturated rings. The summed E-state index contributed by atoms with van der Waals surface area (Å²) in [4.78, 5) is 0. The van der Waals surface area contributed by atoms with Crippen LogP contribution >= 0.6 is 0 Å². The Bertz CT molecular complexity index is 379. The van der Waals surface area contributed by atoms with Crippen LogP contribution < -0.4 is 14.8 Å². The maximum Gasteiger partial charge on any atom is 0.123 e. The number of ether oxygens (including phenoxy) is 2. The predicted octanol–water partition coefficient (Wildman–Crippen LogP) is 3.38. The van der Waals surface area contributed by atoms with E-state index in [0.717, 1.165) is 30.9 Å². The van der Waals surface area contributed by atoms with Crippen molar-refractivity contribution in [3.8, 4) is 11.5 Å². The molecule has 0 saturated heterocycles. The van der Waals surface area contributed by atoms with Gasteiger partial charge in [-0.25, -0.2) is 0 Å². The molecule has 19 heavy (non-hydrogen) atoms. The van der Waals surface area contributed by atoms with Gasteiger partial charge < -0.3 is 14.8 Å². The average Bonchev–Trinajstić information content (AvgIpc) is 2.40. The van der Waals surface area contributed by atoms with Gasteiger partial charge in [0, 0.05) is 12.1 Å². The van der Waals surface area contributed by atoms with Crippen molar-refractivity contribution < 1.29 is 9.47 Å². The first-order valence-corrected chi connectivity index (χ1v) is 7.44. The van der Waals surface area contributed by atoms with E-state index in [1.807, 2.05) is 31.2 Å². The van der Waals surface area contributed by atoms with Crippen molar-refractivity contribution in [2.45, 2.75) is 51.7 Å². The van der Waals surface area contributed by atoms with E-state index in [1.54, 1.807) is 0 Å². The molecule has 1 aliphatic rings. The van der Waals surface area contributed by atoms with Gasteiger partial charge in [0.25, 0.3) is 0 Å². The molecule has 0 amide bonds. The van der Waals surface area contributed by atoms with Crippen LogP contribution in [0.5, 0.6) is 11.5 Å². The Balaban J connectivity index is 1.90. The van der Waals surface area contributed by atoms with E-state index < -0.39 is 0 Å². The lowest BCUT2D eigenvalue weighted by Crippen LogP contribution is -2.37. The van der Waals surface area contributed by atoms with Crippen LogP contribution in [-0.4, -0.2) is 25.3 Å². The molecular weight excluding hydrogens is 238 g/mol. The molecule has 2 unspecified atom stereocenters. The molecule has 2 atom stereocenters. The van der Waals surface area contributed by atoms with E-state index in [1.165, 1.54) is 12.8 Å². The first kappa shape index (κ1) is 14.2. The summed E-state index contributed by atoms with van der Waals surface area (Å²) in [6.07, 6.45) is 5.10. The van der Waals surface area contributed by atoms with Crippen LogP contribution in [-0.2, 0) is 0 Å². The Hall–Kier alpha value is -1.22. The molecule has 0 aromatic heterocycles. The van der Waals surface area contributed by atoms with E-state index in [4.69, 9.17) is 9.47 Å². The molecule has 1 saturated carbocycles. The monoisotopic (exact) mass is 263 g/mol. The van der Waals surface area contributed by atoms with Crippen LogP contribution in [0.1, 0.15) is 39.5 Å². The molecule has 3 nitrogen and oxygen atoms in total. The fourth-order valence-corrected chi connectivity index (χ4v) is 2.72. The van der Waals surface area contributed by atoms with Crippen LogP contribution in [0.4, 0.5) is 0 Å². The summed E-state index contributed by atoms with van der Waals surface area (Å²) in [6, 6.07) is 8.57. The number of benzene rings is 1. The van der Waals surface area contributed by atoms with Gasteiger partial charge in [0.15, 0.2) is 0 Å². The van der Waals surface area contributed by atoms with Crippen molar-refractivity contribution in [2.75, 3.05) is 13.2 Å². The minimum atomic E-state index is 0.328. The highest BCUT2D eigenvalue weighted by molar-refractivity contribution is 5.33.